The van der Waals surface area contributed by atoms with Gasteiger partial charge in [-0.05, 0) is 61.6 Å². The lowest BCUT2D eigenvalue weighted by Gasteiger charge is -2.31. The highest BCUT2D eigenvalue weighted by Gasteiger charge is 2.27. The van der Waals surface area contributed by atoms with Crippen LogP contribution in [0.25, 0.3) is 5.69 Å². The Balaban J connectivity index is 1.59. The lowest BCUT2D eigenvalue weighted by atomic mass is 9.96. The van der Waals surface area contributed by atoms with Crippen molar-refractivity contribution >= 4 is 29.4 Å². The third-order valence-electron chi connectivity index (χ3n) is 4.55. The van der Waals surface area contributed by atoms with E-state index in [1.165, 1.54) is 11.8 Å². The number of carbonyl (C=O) groups excluding carboxylic acids is 2. The molecule has 2 aromatic rings. The quantitative estimate of drug-likeness (QED) is 0.741. The van der Waals surface area contributed by atoms with Gasteiger partial charge in [0.15, 0.2) is 0 Å². The number of hydrogen-bond acceptors (Lipinski definition) is 6. The van der Waals surface area contributed by atoms with Crippen molar-refractivity contribution in [3.8, 4) is 5.69 Å². The second-order valence-corrected chi connectivity index (χ2v) is 7.76. The van der Waals surface area contributed by atoms with Crippen LogP contribution in [0.5, 0.6) is 0 Å². The molecule has 0 aliphatic carbocycles. The maximum atomic E-state index is 12.6. The van der Waals surface area contributed by atoms with Gasteiger partial charge in [-0.25, -0.2) is 4.79 Å². The first-order valence-electron chi connectivity index (χ1n) is 9.27. The largest absolute Gasteiger partial charge is 0.354 e. The average Bonchev–Trinajstić information content (AvgIpc) is 3.16. The highest BCUT2D eigenvalue weighted by Crippen LogP contribution is 2.21. The molecule has 1 aromatic heterocycles. The van der Waals surface area contributed by atoms with Crippen LogP contribution in [0, 0.1) is 5.92 Å². The van der Waals surface area contributed by atoms with E-state index in [4.69, 9.17) is 0 Å². The summed E-state index contributed by atoms with van der Waals surface area (Å²) in [6, 6.07) is 7.35. The van der Waals surface area contributed by atoms with E-state index in [1.54, 1.807) is 9.58 Å². The summed E-state index contributed by atoms with van der Waals surface area (Å²) >= 11 is 1.44. The molecular weight excluding hydrogens is 378 g/mol. The maximum absolute atomic E-state index is 12.6. The molecule has 1 aliphatic rings. The average molecular weight is 404 g/mol. The van der Waals surface area contributed by atoms with E-state index in [-0.39, 0.29) is 23.9 Å². The van der Waals surface area contributed by atoms with Crippen molar-refractivity contribution in [1.82, 2.24) is 30.4 Å². The number of carbonyl (C=O) groups is 2. The van der Waals surface area contributed by atoms with Gasteiger partial charge < -0.3 is 15.5 Å². The molecule has 9 nitrogen and oxygen atoms in total. The van der Waals surface area contributed by atoms with Crippen molar-refractivity contribution in [3.63, 3.8) is 0 Å². The van der Waals surface area contributed by atoms with Gasteiger partial charge in [-0.15, -0.1) is 5.10 Å². The van der Waals surface area contributed by atoms with Gasteiger partial charge in [0.1, 0.15) is 0 Å². The summed E-state index contributed by atoms with van der Waals surface area (Å²) in [5, 5.41) is 18.2. The Labute approximate surface area is 168 Å². The van der Waals surface area contributed by atoms with Crippen molar-refractivity contribution in [2.75, 3.05) is 24.7 Å². The number of anilines is 1. The predicted molar refractivity (Wildman–Crippen MR) is 108 cm³/mol. The fraction of sp³-hybridized carbons (Fsp3) is 0.500. The zero-order valence-electron chi connectivity index (χ0n) is 16.3. The third-order valence-corrected chi connectivity index (χ3v) is 5.17. The lowest BCUT2D eigenvalue weighted by molar-refractivity contribution is -0.126. The zero-order chi connectivity index (χ0) is 20.1. The van der Waals surface area contributed by atoms with Crippen molar-refractivity contribution < 1.29 is 9.59 Å². The van der Waals surface area contributed by atoms with Crippen LogP contribution in [-0.2, 0) is 4.79 Å². The minimum atomic E-state index is -0.165. The topological polar surface area (TPSA) is 105 Å². The smallest absolute Gasteiger partial charge is 0.321 e. The van der Waals surface area contributed by atoms with E-state index < -0.39 is 0 Å². The first kappa shape index (κ1) is 20.1. The van der Waals surface area contributed by atoms with Crippen molar-refractivity contribution in [3.05, 3.63) is 24.3 Å². The summed E-state index contributed by atoms with van der Waals surface area (Å²) in [7, 11) is 0. The van der Waals surface area contributed by atoms with Crippen LogP contribution in [0.3, 0.4) is 0 Å². The standard InChI is InChI=1S/C18H25N7O2S/c1-12(2)19-16(26)13-7-9-24(10-8-13)17(27)20-14-5-4-6-15(11-14)25-18(28-3)21-22-23-25/h4-6,11-13H,7-10H2,1-3H3,(H,19,26)(H,20,27). The summed E-state index contributed by atoms with van der Waals surface area (Å²) < 4.78 is 1.62. The highest BCUT2D eigenvalue weighted by atomic mass is 32.2. The molecule has 3 amide bonds. The number of amides is 3. The summed E-state index contributed by atoms with van der Waals surface area (Å²) in [6.45, 7) is 5.02. The molecule has 150 valence electrons. The van der Waals surface area contributed by atoms with E-state index in [0.717, 1.165) is 5.69 Å². The van der Waals surface area contributed by atoms with E-state index >= 15 is 0 Å². The van der Waals surface area contributed by atoms with Gasteiger partial charge in [-0.1, -0.05) is 17.8 Å². The van der Waals surface area contributed by atoms with Gasteiger partial charge in [-0.2, -0.15) is 4.68 Å². The number of likely N-dealkylation sites (tertiary alicyclic amines) is 1. The summed E-state index contributed by atoms with van der Waals surface area (Å²) in [5.41, 5.74) is 1.45. The second-order valence-electron chi connectivity index (χ2n) is 6.98. The van der Waals surface area contributed by atoms with Crippen molar-refractivity contribution in [2.45, 2.75) is 37.9 Å². The van der Waals surface area contributed by atoms with E-state index in [0.29, 0.717) is 36.8 Å². The van der Waals surface area contributed by atoms with Crippen LogP contribution in [-0.4, -0.2) is 62.4 Å². The molecule has 2 N–H and O–H groups in total. The Kier molecular flexibility index (Phi) is 6.50. The van der Waals surface area contributed by atoms with Crippen LogP contribution in [0.15, 0.2) is 29.4 Å². The number of piperidine rings is 1. The fourth-order valence-electron chi connectivity index (χ4n) is 3.13. The molecule has 0 atom stereocenters. The Hall–Kier alpha value is -2.62. The SMILES string of the molecule is CSc1nnnn1-c1cccc(NC(=O)N2CCC(C(=O)NC(C)C)CC2)c1. The Morgan fingerprint density at radius 1 is 1.25 bits per heavy atom. The molecule has 1 saturated heterocycles. The molecule has 10 heteroatoms. The first-order valence-corrected chi connectivity index (χ1v) is 10.5. The van der Waals surface area contributed by atoms with E-state index in [9.17, 15) is 9.59 Å². The Morgan fingerprint density at radius 3 is 2.68 bits per heavy atom. The lowest BCUT2D eigenvalue weighted by Crippen LogP contribution is -2.45. The molecule has 0 saturated carbocycles. The highest BCUT2D eigenvalue weighted by molar-refractivity contribution is 7.98. The van der Waals surface area contributed by atoms with Crippen LogP contribution >= 0.6 is 11.8 Å². The first-order chi connectivity index (χ1) is 13.5. The zero-order valence-corrected chi connectivity index (χ0v) is 17.1. The molecule has 3 rings (SSSR count). The van der Waals surface area contributed by atoms with Crippen molar-refractivity contribution in [1.29, 1.82) is 0 Å². The van der Waals surface area contributed by atoms with E-state index in [2.05, 4.69) is 26.2 Å². The minimum Gasteiger partial charge on any atom is -0.354 e. The number of benzene rings is 1. The monoisotopic (exact) mass is 403 g/mol. The molecule has 1 fully saturated rings. The third kappa shape index (κ3) is 4.80. The number of thioether (sulfide) groups is 1. The van der Waals surface area contributed by atoms with E-state index in [1.807, 2.05) is 44.4 Å². The molecule has 0 bridgehead atoms. The molecule has 2 heterocycles. The fourth-order valence-corrected chi connectivity index (χ4v) is 3.57. The van der Waals surface area contributed by atoms with Crippen LogP contribution < -0.4 is 10.6 Å². The van der Waals surface area contributed by atoms with Gasteiger partial charge in [-0.3, -0.25) is 4.79 Å². The number of aromatic nitrogens is 4. The van der Waals surface area contributed by atoms with Gasteiger partial charge in [0, 0.05) is 30.7 Å². The summed E-state index contributed by atoms with van der Waals surface area (Å²) in [6.07, 6.45) is 3.25. The molecular formula is C18H25N7O2S. The van der Waals surface area contributed by atoms with Crippen LogP contribution in [0.4, 0.5) is 10.5 Å². The van der Waals surface area contributed by atoms with Gasteiger partial charge in [0.2, 0.25) is 11.1 Å². The number of nitrogens with one attached hydrogen (secondary N) is 2. The number of hydrogen-bond donors (Lipinski definition) is 2. The van der Waals surface area contributed by atoms with Gasteiger partial charge in [0.25, 0.3) is 0 Å². The number of rotatable bonds is 5. The molecule has 1 aromatic carbocycles. The van der Waals surface area contributed by atoms with Crippen LogP contribution in [0.2, 0.25) is 0 Å². The number of urea groups is 1. The second kappa shape index (κ2) is 9.05. The summed E-state index contributed by atoms with van der Waals surface area (Å²) in [4.78, 5) is 26.5. The minimum absolute atomic E-state index is 0.0282. The number of nitrogens with zero attached hydrogens (tertiary/aromatic N) is 5. The molecule has 1 aliphatic heterocycles. The van der Waals surface area contributed by atoms with Crippen molar-refractivity contribution in [2.24, 2.45) is 5.92 Å². The molecule has 0 spiro atoms. The van der Waals surface area contributed by atoms with Gasteiger partial charge >= 0.3 is 6.03 Å². The Bertz CT molecular complexity index is 831. The predicted octanol–water partition coefficient (Wildman–Crippen LogP) is 2.15. The molecule has 28 heavy (non-hydrogen) atoms. The van der Waals surface area contributed by atoms with Gasteiger partial charge in [0.05, 0.1) is 5.69 Å². The normalized spacial score (nSPS) is 14.9. The van der Waals surface area contributed by atoms with Crippen LogP contribution in [0.1, 0.15) is 26.7 Å². The molecule has 0 unspecified atom stereocenters. The molecule has 0 radical (unpaired) electrons. The maximum Gasteiger partial charge on any atom is 0.321 e. The summed E-state index contributed by atoms with van der Waals surface area (Å²) in [5.74, 6) is 0.0494. The Morgan fingerprint density at radius 2 is 2.00 bits per heavy atom. The number of tetrazole rings is 1.